The molecular weight excluding hydrogens is 271 g/mol. The molecule has 0 spiro atoms. The van der Waals surface area contributed by atoms with Crippen molar-refractivity contribution in [1.82, 2.24) is 0 Å². The van der Waals surface area contributed by atoms with Gasteiger partial charge in [-0.15, -0.1) is 0 Å². The Labute approximate surface area is 112 Å². The van der Waals surface area contributed by atoms with Crippen LogP contribution in [0.5, 0.6) is 0 Å². The van der Waals surface area contributed by atoms with Crippen molar-refractivity contribution in [3.63, 3.8) is 0 Å². The molecule has 4 aliphatic rings. The summed E-state index contributed by atoms with van der Waals surface area (Å²) in [6.45, 7) is 0. The summed E-state index contributed by atoms with van der Waals surface area (Å²) in [5.74, 6) is 0.915. The molecule has 1 unspecified atom stereocenters. The van der Waals surface area contributed by atoms with E-state index in [1.807, 2.05) is 0 Å². The van der Waals surface area contributed by atoms with Gasteiger partial charge in [-0.2, -0.15) is 8.42 Å². The third kappa shape index (κ3) is 2.44. The van der Waals surface area contributed by atoms with Gasteiger partial charge in [0.2, 0.25) is 0 Å². The van der Waals surface area contributed by atoms with Crippen LogP contribution in [0.1, 0.15) is 44.9 Å². The summed E-state index contributed by atoms with van der Waals surface area (Å²) in [7, 11) is -4.90. The van der Waals surface area contributed by atoms with E-state index in [1.54, 1.807) is 0 Å². The molecule has 4 saturated carbocycles. The predicted molar refractivity (Wildman–Crippen MR) is 66.7 cm³/mol. The molecule has 1 N–H and O–H groups in total. The summed E-state index contributed by atoms with van der Waals surface area (Å²) in [4.78, 5) is 11.8. The van der Waals surface area contributed by atoms with E-state index in [4.69, 9.17) is 4.55 Å². The van der Waals surface area contributed by atoms with Crippen LogP contribution in [0.3, 0.4) is 0 Å². The monoisotopic (exact) mass is 290 g/mol. The Morgan fingerprint density at radius 2 is 1.58 bits per heavy atom. The molecule has 6 heteroatoms. The molecule has 0 saturated heterocycles. The molecule has 4 aliphatic carbocycles. The van der Waals surface area contributed by atoms with Crippen molar-refractivity contribution in [2.75, 3.05) is 0 Å². The van der Waals surface area contributed by atoms with Crippen LogP contribution in [-0.4, -0.2) is 24.3 Å². The van der Waals surface area contributed by atoms with Crippen LogP contribution >= 0.6 is 0 Å². The van der Waals surface area contributed by atoms with E-state index in [-0.39, 0.29) is 11.8 Å². The Hall–Kier alpha value is -0.490. The van der Waals surface area contributed by atoms with Crippen LogP contribution in [0, 0.1) is 23.2 Å². The van der Waals surface area contributed by atoms with Crippen molar-refractivity contribution in [1.29, 1.82) is 0 Å². The average Bonchev–Trinajstić information content (AvgIpc) is 2.23. The summed E-state index contributed by atoms with van der Waals surface area (Å²) in [6, 6.07) is 0. The van der Waals surface area contributed by atoms with Gasteiger partial charge in [-0.25, -0.2) is 4.39 Å². The van der Waals surface area contributed by atoms with E-state index >= 15 is 0 Å². The molecule has 4 nitrogen and oxygen atoms in total. The fourth-order valence-corrected chi connectivity index (χ4v) is 5.54. The summed E-state index contributed by atoms with van der Waals surface area (Å²) in [5, 5.41) is 0. The van der Waals surface area contributed by atoms with Crippen LogP contribution in [0.15, 0.2) is 0 Å². The van der Waals surface area contributed by atoms with Gasteiger partial charge in [-0.3, -0.25) is 9.35 Å². The highest BCUT2D eigenvalue weighted by Gasteiger charge is 2.52. The van der Waals surface area contributed by atoms with Crippen molar-refractivity contribution in [3.8, 4) is 0 Å². The molecular formula is C13H19FO4S. The molecule has 1 atom stereocenters. The Balaban J connectivity index is 1.75. The second kappa shape index (κ2) is 4.25. The number of alkyl halides is 1. The number of hydrogen-bond donors (Lipinski definition) is 1. The molecule has 0 aromatic rings. The molecule has 108 valence electrons. The standard InChI is InChI=1S/C13H19FO4S/c14-12(19(16,17)18)11(15)7-13-4-8-1-9(5-13)3-10(2-8)6-13/h8-10,12H,1-7H2,(H,16,17,18). The van der Waals surface area contributed by atoms with Crippen LogP contribution in [0.4, 0.5) is 4.39 Å². The van der Waals surface area contributed by atoms with Crippen LogP contribution in [0.2, 0.25) is 0 Å². The maximum absolute atomic E-state index is 13.4. The summed E-state index contributed by atoms with van der Waals surface area (Å²) in [5.41, 5.74) is -2.96. The van der Waals surface area contributed by atoms with E-state index in [0.717, 1.165) is 19.3 Å². The average molecular weight is 290 g/mol. The SMILES string of the molecule is O=C(CC12CC3CC(CC(C3)C1)C2)C(F)S(=O)(=O)O. The predicted octanol–water partition coefficient (Wildman–Crippen LogP) is 2.35. The summed E-state index contributed by atoms with van der Waals surface area (Å²) >= 11 is 0. The minimum atomic E-state index is -4.90. The van der Waals surface area contributed by atoms with Gasteiger partial charge in [0.15, 0.2) is 5.78 Å². The quantitative estimate of drug-likeness (QED) is 0.807. The lowest BCUT2D eigenvalue weighted by molar-refractivity contribution is -0.129. The number of rotatable bonds is 4. The fourth-order valence-electron chi connectivity index (χ4n) is 5.12. The third-order valence-electron chi connectivity index (χ3n) is 5.23. The van der Waals surface area contributed by atoms with Crippen molar-refractivity contribution < 1.29 is 22.2 Å². The lowest BCUT2D eigenvalue weighted by Gasteiger charge is -2.56. The van der Waals surface area contributed by atoms with Gasteiger partial charge in [0.25, 0.3) is 5.50 Å². The maximum Gasteiger partial charge on any atom is 0.305 e. The van der Waals surface area contributed by atoms with Crippen molar-refractivity contribution >= 4 is 15.9 Å². The molecule has 4 bridgehead atoms. The molecule has 19 heavy (non-hydrogen) atoms. The number of halogens is 1. The van der Waals surface area contributed by atoms with Gasteiger partial charge in [0, 0.05) is 6.42 Å². The van der Waals surface area contributed by atoms with Gasteiger partial charge < -0.3 is 0 Å². The Kier molecular flexibility index (Phi) is 3.02. The smallest absolute Gasteiger partial charge is 0.295 e. The number of ketones is 1. The topological polar surface area (TPSA) is 71.4 Å². The molecule has 0 aliphatic heterocycles. The van der Waals surface area contributed by atoms with E-state index in [1.165, 1.54) is 19.3 Å². The lowest BCUT2D eigenvalue weighted by atomic mass is 9.48. The van der Waals surface area contributed by atoms with Crippen LogP contribution in [0.25, 0.3) is 0 Å². The molecule has 4 rings (SSSR count). The highest BCUT2D eigenvalue weighted by atomic mass is 32.2. The van der Waals surface area contributed by atoms with Crippen LogP contribution in [-0.2, 0) is 14.9 Å². The van der Waals surface area contributed by atoms with E-state index in [9.17, 15) is 17.6 Å². The number of Topliss-reactive ketones (excluding diaryl/α,β-unsaturated/α-hetero) is 1. The fraction of sp³-hybridized carbons (Fsp3) is 0.923. The summed E-state index contributed by atoms with van der Waals surface area (Å²) in [6.07, 6.45) is 6.37. The highest BCUT2D eigenvalue weighted by molar-refractivity contribution is 7.87. The largest absolute Gasteiger partial charge is 0.305 e. The molecule has 0 radical (unpaired) electrons. The first kappa shape index (κ1) is 13.5. The van der Waals surface area contributed by atoms with E-state index < -0.39 is 21.4 Å². The maximum atomic E-state index is 13.4. The van der Waals surface area contributed by atoms with Gasteiger partial charge in [0.1, 0.15) is 0 Å². The van der Waals surface area contributed by atoms with Gasteiger partial charge in [-0.1, -0.05) is 0 Å². The van der Waals surface area contributed by atoms with Crippen molar-refractivity contribution in [3.05, 3.63) is 0 Å². The van der Waals surface area contributed by atoms with Gasteiger partial charge in [0.05, 0.1) is 0 Å². The highest BCUT2D eigenvalue weighted by Crippen LogP contribution is 2.61. The second-order valence-electron chi connectivity index (χ2n) is 6.89. The second-order valence-corrected chi connectivity index (χ2v) is 8.34. The zero-order valence-electron chi connectivity index (χ0n) is 10.7. The Morgan fingerprint density at radius 3 is 1.95 bits per heavy atom. The van der Waals surface area contributed by atoms with Crippen molar-refractivity contribution in [2.24, 2.45) is 23.2 Å². The molecule has 0 aromatic heterocycles. The normalized spacial score (nSPS) is 42.3. The molecule has 0 aromatic carbocycles. The number of carbonyl (C=O) groups excluding carboxylic acids is 1. The first-order chi connectivity index (χ1) is 8.77. The van der Waals surface area contributed by atoms with E-state index in [2.05, 4.69) is 0 Å². The first-order valence-corrected chi connectivity index (χ1v) is 8.41. The third-order valence-corrected chi connectivity index (χ3v) is 6.01. The van der Waals surface area contributed by atoms with Crippen LogP contribution < -0.4 is 0 Å². The molecule has 0 amide bonds. The summed E-state index contributed by atoms with van der Waals surface area (Å²) < 4.78 is 43.5. The number of hydrogen-bond acceptors (Lipinski definition) is 3. The zero-order valence-corrected chi connectivity index (χ0v) is 11.5. The minimum absolute atomic E-state index is 0.0303. The number of carbonyl (C=O) groups is 1. The van der Waals surface area contributed by atoms with Crippen molar-refractivity contribution in [2.45, 2.75) is 50.4 Å². The lowest BCUT2D eigenvalue weighted by Crippen LogP contribution is -2.47. The zero-order chi connectivity index (χ0) is 13.8. The Morgan fingerprint density at radius 1 is 1.16 bits per heavy atom. The minimum Gasteiger partial charge on any atom is -0.295 e. The Bertz CT molecular complexity index is 463. The van der Waals surface area contributed by atoms with E-state index in [0.29, 0.717) is 17.8 Å². The van der Waals surface area contributed by atoms with Gasteiger partial charge >= 0.3 is 10.1 Å². The van der Waals surface area contributed by atoms with Gasteiger partial charge in [-0.05, 0) is 61.7 Å². The molecule has 0 heterocycles. The first-order valence-electron chi connectivity index (χ1n) is 6.90. The molecule has 4 fully saturated rings.